The highest BCUT2D eigenvalue weighted by atomic mass is 35.5. The van der Waals surface area contributed by atoms with E-state index >= 15 is 0 Å². The van der Waals surface area contributed by atoms with Crippen LogP contribution in [0.1, 0.15) is 41.2 Å². The van der Waals surface area contributed by atoms with Gasteiger partial charge in [-0.25, -0.2) is 0 Å². The number of ether oxygens (including phenoxy) is 1. The highest BCUT2D eigenvalue weighted by molar-refractivity contribution is 7.98. The van der Waals surface area contributed by atoms with Gasteiger partial charge >= 0.3 is 0 Å². The van der Waals surface area contributed by atoms with Crippen molar-refractivity contribution in [1.29, 1.82) is 0 Å². The number of nitrogens with one attached hydrogen (secondary N) is 1. The van der Waals surface area contributed by atoms with E-state index in [4.69, 9.17) is 16.3 Å². The van der Waals surface area contributed by atoms with Gasteiger partial charge in [0.15, 0.2) is 0 Å². The van der Waals surface area contributed by atoms with Gasteiger partial charge in [-0.15, -0.1) is 11.8 Å². The van der Waals surface area contributed by atoms with Crippen LogP contribution in [-0.2, 0) is 0 Å². The fourth-order valence-corrected chi connectivity index (χ4v) is 4.34. The molecule has 4 nitrogen and oxygen atoms in total. The van der Waals surface area contributed by atoms with Gasteiger partial charge in [0, 0.05) is 17.0 Å². The molecule has 1 aliphatic rings. The normalized spacial score (nSPS) is 15.8. The fourth-order valence-electron chi connectivity index (χ4n) is 3.70. The maximum absolute atomic E-state index is 12.9. The summed E-state index contributed by atoms with van der Waals surface area (Å²) in [7, 11) is 1.69. The zero-order valence-corrected chi connectivity index (χ0v) is 18.0. The summed E-state index contributed by atoms with van der Waals surface area (Å²) in [6, 6.07) is 13.7. The first-order valence-electron chi connectivity index (χ1n) is 9.62. The van der Waals surface area contributed by atoms with Crippen molar-refractivity contribution in [3.05, 3.63) is 58.6 Å². The number of thioether (sulfide) groups is 1. The summed E-state index contributed by atoms with van der Waals surface area (Å²) in [6.07, 6.45) is 5.61. The molecule has 0 spiro atoms. The molecule has 3 rings (SSSR count). The molecule has 0 radical (unpaired) electrons. The Morgan fingerprint density at radius 3 is 2.68 bits per heavy atom. The first-order valence-corrected chi connectivity index (χ1v) is 11.2. The summed E-state index contributed by atoms with van der Waals surface area (Å²) in [5, 5.41) is 3.58. The van der Waals surface area contributed by atoms with Crippen molar-refractivity contribution in [1.82, 2.24) is 10.2 Å². The molecule has 1 heterocycles. The predicted octanol–water partition coefficient (Wildman–Crippen LogP) is 5.03. The third-order valence-corrected chi connectivity index (χ3v) is 6.26. The van der Waals surface area contributed by atoms with E-state index in [0.717, 1.165) is 29.3 Å². The number of para-hydroxylation sites is 1. The van der Waals surface area contributed by atoms with Crippen molar-refractivity contribution in [2.45, 2.75) is 30.2 Å². The molecule has 1 aliphatic heterocycles. The Morgan fingerprint density at radius 2 is 1.96 bits per heavy atom. The molecule has 1 atom stereocenters. The topological polar surface area (TPSA) is 41.6 Å². The average Bonchev–Trinajstić information content (AvgIpc) is 2.75. The van der Waals surface area contributed by atoms with Crippen LogP contribution in [0.15, 0.2) is 47.4 Å². The molecule has 0 bridgehead atoms. The third-order valence-electron chi connectivity index (χ3n) is 5.20. The number of likely N-dealkylation sites (tertiary alicyclic amines) is 1. The summed E-state index contributed by atoms with van der Waals surface area (Å²) in [5.74, 6) is 0.715. The number of carbonyl (C=O) groups is 1. The summed E-state index contributed by atoms with van der Waals surface area (Å²) < 4.78 is 5.59. The van der Waals surface area contributed by atoms with Crippen LogP contribution < -0.4 is 10.1 Å². The number of benzene rings is 2. The van der Waals surface area contributed by atoms with Crippen molar-refractivity contribution in [3.63, 3.8) is 0 Å². The van der Waals surface area contributed by atoms with Gasteiger partial charge in [-0.3, -0.25) is 9.69 Å². The van der Waals surface area contributed by atoms with Gasteiger partial charge in [0.25, 0.3) is 5.91 Å². The van der Waals surface area contributed by atoms with Crippen LogP contribution in [0, 0.1) is 0 Å². The molecule has 0 aliphatic carbocycles. The molecule has 1 N–H and O–H groups in total. The Balaban J connectivity index is 1.81. The molecule has 2 aromatic carbocycles. The van der Waals surface area contributed by atoms with Crippen molar-refractivity contribution in [2.75, 3.05) is 33.0 Å². The molecule has 6 heteroatoms. The Kier molecular flexibility index (Phi) is 7.65. The molecule has 0 saturated carbocycles. The molecule has 28 heavy (non-hydrogen) atoms. The quantitative estimate of drug-likeness (QED) is 0.640. The molecule has 1 fully saturated rings. The standard InChI is InChI=1S/C22H27ClN2O2S/c1-27-21-9-5-4-8-17(21)20(25-12-6-3-7-13-25)15-24-22(26)18-14-16(28-2)10-11-19(18)23/h4-5,8-11,14,20H,3,6-7,12-13,15H2,1-2H3,(H,24,26). The fraction of sp³-hybridized carbons (Fsp3) is 0.409. The van der Waals surface area contributed by atoms with Crippen LogP contribution >= 0.6 is 23.4 Å². The van der Waals surface area contributed by atoms with Crippen LogP contribution in [0.3, 0.4) is 0 Å². The summed E-state index contributed by atoms with van der Waals surface area (Å²) >= 11 is 7.87. The largest absolute Gasteiger partial charge is 0.496 e. The number of hydrogen-bond donors (Lipinski definition) is 1. The van der Waals surface area contributed by atoms with Gasteiger partial charge in [-0.2, -0.15) is 0 Å². The Morgan fingerprint density at radius 1 is 1.21 bits per heavy atom. The van der Waals surface area contributed by atoms with E-state index < -0.39 is 0 Å². The van der Waals surface area contributed by atoms with Gasteiger partial charge in [-0.05, 0) is 56.5 Å². The maximum Gasteiger partial charge on any atom is 0.252 e. The number of hydrogen-bond acceptors (Lipinski definition) is 4. The second-order valence-electron chi connectivity index (χ2n) is 6.91. The van der Waals surface area contributed by atoms with E-state index in [1.165, 1.54) is 19.3 Å². The Hall–Kier alpha value is -1.69. The highest BCUT2D eigenvalue weighted by Gasteiger charge is 2.25. The minimum absolute atomic E-state index is 0.0721. The molecule has 2 aromatic rings. The van der Waals surface area contributed by atoms with Gasteiger partial charge < -0.3 is 10.1 Å². The lowest BCUT2D eigenvalue weighted by Gasteiger charge is -2.35. The lowest BCUT2D eigenvalue weighted by atomic mass is 10.0. The number of rotatable bonds is 7. The zero-order chi connectivity index (χ0) is 19.9. The maximum atomic E-state index is 12.9. The summed E-state index contributed by atoms with van der Waals surface area (Å²) in [4.78, 5) is 16.3. The first kappa shape index (κ1) is 21.0. The van der Waals surface area contributed by atoms with E-state index in [1.54, 1.807) is 24.9 Å². The SMILES string of the molecule is COc1ccccc1C(CNC(=O)c1cc(SC)ccc1Cl)N1CCCCC1. The van der Waals surface area contributed by atoms with Crippen molar-refractivity contribution < 1.29 is 9.53 Å². The molecule has 1 unspecified atom stereocenters. The first-order chi connectivity index (χ1) is 13.6. The van der Waals surface area contributed by atoms with Crippen molar-refractivity contribution in [3.8, 4) is 5.75 Å². The number of halogens is 1. The van der Waals surface area contributed by atoms with Crippen LogP contribution in [0.4, 0.5) is 0 Å². The Labute approximate surface area is 176 Å². The monoisotopic (exact) mass is 418 g/mol. The minimum atomic E-state index is -0.141. The van der Waals surface area contributed by atoms with E-state index in [2.05, 4.69) is 16.3 Å². The molecule has 1 amide bonds. The van der Waals surface area contributed by atoms with E-state index in [9.17, 15) is 4.79 Å². The van der Waals surface area contributed by atoms with E-state index in [-0.39, 0.29) is 11.9 Å². The summed E-state index contributed by atoms with van der Waals surface area (Å²) in [6.45, 7) is 2.57. The lowest BCUT2D eigenvalue weighted by molar-refractivity contribution is 0.0923. The van der Waals surface area contributed by atoms with Gasteiger partial charge in [0.05, 0.1) is 23.7 Å². The Bertz CT molecular complexity index is 809. The second-order valence-corrected chi connectivity index (χ2v) is 8.20. The molecule has 0 aromatic heterocycles. The van der Waals surface area contributed by atoms with Gasteiger partial charge in [0.1, 0.15) is 5.75 Å². The molecular weight excluding hydrogens is 392 g/mol. The minimum Gasteiger partial charge on any atom is -0.496 e. The van der Waals surface area contributed by atoms with Gasteiger partial charge in [0.2, 0.25) is 0 Å². The average molecular weight is 419 g/mol. The number of nitrogens with zero attached hydrogens (tertiary/aromatic N) is 1. The van der Waals surface area contributed by atoms with Crippen LogP contribution in [0.5, 0.6) is 5.75 Å². The number of amides is 1. The number of carbonyl (C=O) groups excluding carboxylic acids is 1. The van der Waals surface area contributed by atoms with Gasteiger partial charge in [-0.1, -0.05) is 36.2 Å². The molecule has 1 saturated heterocycles. The van der Waals surface area contributed by atoms with Crippen LogP contribution in [0.2, 0.25) is 5.02 Å². The highest BCUT2D eigenvalue weighted by Crippen LogP contribution is 2.31. The smallest absolute Gasteiger partial charge is 0.252 e. The van der Waals surface area contributed by atoms with Crippen LogP contribution in [-0.4, -0.2) is 43.8 Å². The van der Waals surface area contributed by atoms with Crippen LogP contribution in [0.25, 0.3) is 0 Å². The second kappa shape index (κ2) is 10.2. The lowest BCUT2D eigenvalue weighted by Crippen LogP contribution is -2.40. The number of methoxy groups -OCH3 is 1. The predicted molar refractivity (Wildman–Crippen MR) is 117 cm³/mol. The molecular formula is C22H27ClN2O2S. The number of piperidine rings is 1. The third kappa shape index (κ3) is 5.02. The van der Waals surface area contributed by atoms with Crippen molar-refractivity contribution >= 4 is 29.3 Å². The summed E-state index contributed by atoms with van der Waals surface area (Å²) in [5.41, 5.74) is 1.63. The zero-order valence-electron chi connectivity index (χ0n) is 16.4. The van der Waals surface area contributed by atoms with E-state index in [0.29, 0.717) is 17.1 Å². The van der Waals surface area contributed by atoms with E-state index in [1.807, 2.05) is 36.6 Å². The molecule has 150 valence electrons. The van der Waals surface area contributed by atoms with Crippen molar-refractivity contribution in [2.24, 2.45) is 0 Å².